The predicted octanol–water partition coefficient (Wildman–Crippen LogP) is 0.954. The van der Waals surface area contributed by atoms with Gasteiger partial charge >= 0.3 is 0 Å². The van der Waals surface area contributed by atoms with Crippen LogP contribution in [0.2, 0.25) is 0 Å². The van der Waals surface area contributed by atoms with Crippen LogP contribution in [0, 0.1) is 0 Å². The van der Waals surface area contributed by atoms with Gasteiger partial charge in [0.25, 0.3) is 0 Å². The number of imidazole rings is 1. The third kappa shape index (κ3) is 1.99. The molecule has 18 heavy (non-hydrogen) atoms. The lowest BCUT2D eigenvalue weighted by atomic mass is 10.1. The summed E-state index contributed by atoms with van der Waals surface area (Å²) >= 11 is 0. The average molecular weight is 249 g/mol. The molecule has 0 aliphatic carbocycles. The van der Waals surface area contributed by atoms with Crippen LogP contribution < -0.4 is 10.1 Å². The van der Waals surface area contributed by atoms with E-state index in [9.17, 15) is 0 Å². The predicted molar refractivity (Wildman–Crippen MR) is 68.6 cm³/mol. The van der Waals surface area contributed by atoms with Crippen LogP contribution in [-0.4, -0.2) is 33.5 Å². The topological polar surface area (TPSA) is 56.9 Å². The van der Waals surface area contributed by atoms with E-state index in [1.165, 1.54) is 0 Å². The molecule has 1 atom stereocenters. The van der Waals surface area contributed by atoms with E-state index in [4.69, 9.17) is 4.74 Å². The number of methoxy groups -OCH3 is 1. The molecule has 0 saturated heterocycles. The first-order valence-corrected chi connectivity index (χ1v) is 5.96. The van der Waals surface area contributed by atoms with Crippen molar-refractivity contribution in [3.63, 3.8) is 0 Å². The van der Waals surface area contributed by atoms with E-state index in [2.05, 4.69) is 22.3 Å². The Hall–Kier alpha value is -1.82. The van der Waals surface area contributed by atoms with Gasteiger partial charge in [-0.2, -0.15) is 5.10 Å². The Labute approximate surface area is 107 Å². The van der Waals surface area contributed by atoms with Crippen LogP contribution in [0.5, 0.6) is 5.75 Å². The van der Waals surface area contributed by atoms with Crippen molar-refractivity contribution in [3.8, 4) is 5.75 Å². The maximum Gasteiger partial charge on any atom is 0.161 e. The summed E-state index contributed by atoms with van der Waals surface area (Å²) in [5.74, 6) is 0.789. The molecule has 0 bridgehead atoms. The Morgan fingerprint density at radius 3 is 2.72 bits per heavy atom. The fraction of sp³-hybridized carbons (Fsp3) is 0.500. The molecule has 6 nitrogen and oxygen atoms in total. The third-order valence-electron chi connectivity index (χ3n) is 3.08. The van der Waals surface area contributed by atoms with Gasteiger partial charge in [-0.1, -0.05) is 0 Å². The Morgan fingerprint density at radius 2 is 2.22 bits per heavy atom. The van der Waals surface area contributed by atoms with Gasteiger partial charge < -0.3 is 14.6 Å². The molecule has 6 heteroatoms. The highest BCUT2D eigenvalue weighted by atomic mass is 16.5. The van der Waals surface area contributed by atoms with Crippen LogP contribution in [0.3, 0.4) is 0 Å². The SMILES string of the molecule is CCn1ncc(OC)c1C(NC)c1cncn1C. The zero-order valence-corrected chi connectivity index (χ0v) is 11.2. The smallest absolute Gasteiger partial charge is 0.161 e. The van der Waals surface area contributed by atoms with Crippen molar-refractivity contribution < 1.29 is 4.74 Å². The highest BCUT2D eigenvalue weighted by Gasteiger charge is 2.23. The number of ether oxygens (including phenoxy) is 1. The van der Waals surface area contributed by atoms with Gasteiger partial charge in [0.1, 0.15) is 5.69 Å². The normalized spacial score (nSPS) is 12.7. The standard InChI is InChI=1S/C12H19N5O/c1-5-17-12(10(18-4)7-15-17)11(13-2)9-6-14-8-16(9)3/h6-8,11,13H,5H2,1-4H3. The molecule has 1 unspecified atom stereocenters. The lowest BCUT2D eigenvalue weighted by Crippen LogP contribution is -2.24. The second-order valence-electron chi connectivity index (χ2n) is 4.07. The Bertz CT molecular complexity index is 495. The lowest BCUT2D eigenvalue weighted by Gasteiger charge is -2.19. The molecule has 2 aromatic rings. The number of rotatable bonds is 5. The summed E-state index contributed by atoms with van der Waals surface area (Å²) < 4.78 is 9.33. The second kappa shape index (κ2) is 5.22. The molecule has 0 radical (unpaired) electrons. The fourth-order valence-electron chi connectivity index (χ4n) is 2.15. The van der Waals surface area contributed by atoms with Gasteiger partial charge in [0.15, 0.2) is 5.75 Å². The van der Waals surface area contributed by atoms with E-state index in [0.717, 1.165) is 23.7 Å². The highest BCUT2D eigenvalue weighted by Crippen LogP contribution is 2.29. The maximum absolute atomic E-state index is 5.40. The van der Waals surface area contributed by atoms with E-state index in [1.54, 1.807) is 19.6 Å². The third-order valence-corrected chi connectivity index (χ3v) is 3.08. The minimum Gasteiger partial charge on any atom is -0.493 e. The molecule has 0 saturated carbocycles. The minimum atomic E-state index is 0.00917. The lowest BCUT2D eigenvalue weighted by molar-refractivity contribution is 0.399. The number of nitrogens with zero attached hydrogens (tertiary/aromatic N) is 4. The summed E-state index contributed by atoms with van der Waals surface area (Å²) in [6.45, 7) is 2.86. The minimum absolute atomic E-state index is 0.00917. The number of hydrogen-bond donors (Lipinski definition) is 1. The summed E-state index contributed by atoms with van der Waals surface area (Å²) in [4.78, 5) is 4.16. The average Bonchev–Trinajstić information content (AvgIpc) is 2.98. The number of hydrogen-bond acceptors (Lipinski definition) is 4. The fourth-order valence-corrected chi connectivity index (χ4v) is 2.15. The molecule has 0 aliphatic heterocycles. The Balaban J connectivity index is 2.50. The van der Waals surface area contributed by atoms with E-state index in [-0.39, 0.29) is 6.04 Å². The Kier molecular flexibility index (Phi) is 3.66. The van der Waals surface area contributed by atoms with Crippen molar-refractivity contribution in [1.82, 2.24) is 24.6 Å². The van der Waals surface area contributed by atoms with Gasteiger partial charge in [0.05, 0.1) is 37.6 Å². The van der Waals surface area contributed by atoms with E-state index >= 15 is 0 Å². The first kappa shape index (κ1) is 12.6. The van der Waals surface area contributed by atoms with Gasteiger partial charge in [0, 0.05) is 13.6 Å². The summed E-state index contributed by atoms with van der Waals surface area (Å²) in [5, 5.41) is 7.63. The molecule has 2 rings (SSSR count). The van der Waals surface area contributed by atoms with Crippen molar-refractivity contribution in [2.24, 2.45) is 7.05 Å². The van der Waals surface area contributed by atoms with Crippen LogP contribution >= 0.6 is 0 Å². The molecule has 0 aliphatic rings. The van der Waals surface area contributed by atoms with Crippen molar-refractivity contribution in [3.05, 3.63) is 30.1 Å². The molecule has 0 fully saturated rings. The van der Waals surface area contributed by atoms with Gasteiger partial charge in [-0.25, -0.2) is 4.98 Å². The number of aromatic nitrogens is 4. The quantitative estimate of drug-likeness (QED) is 0.857. The van der Waals surface area contributed by atoms with Crippen LogP contribution in [-0.2, 0) is 13.6 Å². The zero-order valence-electron chi connectivity index (χ0n) is 11.2. The molecular weight excluding hydrogens is 230 g/mol. The van der Waals surface area contributed by atoms with Crippen LogP contribution in [0.4, 0.5) is 0 Å². The first-order chi connectivity index (χ1) is 8.72. The van der Waals surface area contributed by atoms with E-state index in [0.29, 0.717) is 0 Å². The van der Waals surface area contributed by atoms with Crippen molar-refractivity contribution in [2.75, 3.05) is 14.2 Å². The largest absolute Gasteiger partial charge is 0.493 e. The first-order valence-electron chi connectivity index (χ1n) is 5.96. The van der Waals surface area contributed by atoms with Crippen LogP contribution in [0.1, 0.15) is 24.4 Å². The molecule has 0 aromatic carbocycles. The summed E-state index contributed by atoms with van der Waals surface area (Å²) in [6, 6.07) is 0.00917. The summed E-state index contributed by atoms with van der Waals surface area (Å²) in [5.41, 5.74) is 2.09. The van der Waals surface area contributed by atoms with E-state index < -0.39 is 0 Å². The molecule has 98 valence electrons. The zero-order chi connectivity index (χ0) is 13.1. The van der Waals surface area contributed by atoms with Crippen molar-refractivity contribution >= 4 is 0 Å². The van der Waals surface area contributed by atoms with Gasteiger partial charge in [-0.15, -0.1) is 0 Å². The summed E-state index contributed by atoms with van der Waals surface area (Å²) in [6.07, 6.45) is 5.39. The second-order valence-corrected chi connectivity index (χ2v) is 4.07. The van der Waals surface area contributed by atoms with Crippen molar-refractivity contribution in [1.29, 1.82) is 0 Å². The van der Waals surface area contributed by atoms with Crippen LogP contribution in [0.25, 0.3) is 0 Å². The highest BCUT2D eigenvalue weighted by molar-refractivity contribution is 5.33. The van der Waals surface area contributed by atoms with Crippen molar-refractivity contribution in [2.45, 2.75) is 19.5 Å². The molecule has 0 spiro atoms. The molecule has 2 aromatic heterocycles. The monoisotopic (exact) mass is 249 g/mol. The molecule has 2 heterocycles. The molecule has 0 amide bonds. The van der Waals surface area contributed by atoms with Gasteiger partial charge in [0.2, 0.25) is 0 Å². The van der Waals surface area contributed by atoms with E-state index in [1.807, 2.05) is 29.5 Å². The number of aryl methyl sites for hydroxylation is 2. The maximum atomic E-state index is 5.40. The molecule has 1 N–H and O–H groups in total. The summed E-state index contributed by atoms with van der Waals surface area (Å²) in [7, 11) is 5.56. The Morgan fingerprint density at radius 1 is 1.44 bits per heavy atom. The van der Waals surface area contributed by atoms with Crippen LogP contribution in [0.15, 0.2) is 18.7 Å². The van der Waals surface area contributed by atoms with Gasteiger partial charge in [-0.05, 0) is 14.0 Å². The molecular formula is C12H19N5O. The van der Waals surface area contributed by atoms with Gasteiger partial charge in [-0.3, -0.25) is 4.68 Å². The number of nitrogens with one attached hydrogen (secondary N) is 1.